The van der Waals surface area contributed by atoms with Gasteiger partial charge in [0, 0.05) is 13.1 Å². The van der Waals surface area contributed by atoms with Crippen molar-refractivity contribution in [3.63, 3.8) is 0 Å². The molecule has 0 spiro atoms. The molecule has 48 heavy (non-hydrogen) atoms. The van der Waals surface area contributed by atoms with Crippen LogP contribution in [0, 0.1) is 0 Å². The number of aliphatic hydroxyl groups is 3. The van der Waals surface area contributed by atoms with Crippen LogP contribution in [0.25, 0.3) is 0 Å². The number of amides is 6. The number of carboxylic acid groups (broad SMARTS) is 2. The lowest BCUT2D eigenvalue weighted by molar-refractivity contribution is -0.148. The van der Waals surface area contributed by atoms with Crippen molar-refractivity contribution in [2.75, 3.05) is 19.6 Å². The number of nitrogens with zero attached hydrogens (tertiary/aromatic N) is 2. The van der Waals surface area contributed by atoms with Gasteiger partial charge in [-0.1, -0.05) is 0 Å². The van der Waals surface area contributed by atoms with E-state index in [1.165, 1.54) is 6.92 Å². The standard InChI is InChI=1S/C28H45N7O13/c1-12(36)20(29)27(46)35-9-4-6-16(35)24(43)32-22(14(3)38)26(45)33-21(13(2)37)25(44)31-15(10-19(40)41)23(42)30-11-18(39)34-8-5-7-17(34)28(47)48/h12-17,20-22,36-38H,4-11,29H2,1-3H3,(H,30,42)(H,31,44)(H,32,43)(H,33,45)(H,40,41)(H,47,48)/t12-,13-,14-,15+,16+,17+,20+,21+,22+/m1/s1. The largest absolute Gasteiger partial charge is 0.481 e. The summed E-state index contributed by atoms with van der Waals surface area (Å²) >= 11 is 0. The van der Waals surface area contributed by atoms with Crippen molar-refractivity contribution >= 4 is 47.4 Å². The first-order valence-electron chi connectivity index (χ1n) is 15.4. The van der Waals surface area contributed by atoms with Crippen LogP contribution in [-0.4, -0.2) is 157 Å². The minimum Gasteiger partial charge on any atom is -0.481 e. The monoisotopic (exact) mass is 687 g/mol. The van der Waals surface area contributed by atoms with E-state index in [4.69, 9.17) is 5.73 Å². The molecule has 0 aromatic carbocycles. The Hall–Kier alpha value is -4.40. The first-order valence-corrected chi connectivity index (χ1v) is 15.4. The maximum absolute atomic E-state index is 13.2. The molecule has 0 bridgehead atoms. The minimum absolute atomic E-state index is 0.138. The quantitative estimate of drug-likeness (QED) is 0.0724. The number of rotatable bonds is 16. The second kappa shape index (κ2) is 17.7. The van der Waals surface area contributed by atoms with Crippen LogP contribution >= 0.6 is 0 Å². The highest BCUT2D eigenvalue weighted by atomic mass is 16.4. The van der Waals surface area contributed by atoms with Gasteiger partial charge in [0.05, 0.1) is 31.3 Å². The van der Waals surface area contributed by atoms with Crippen LogP contribution in [0.15, 0.2) is 0 Å². The van der Waals surface area contributed by atoms with Gasteiger partial charge in [-0.2, -0.15) is 0 Å². The maximum atomic E-state index is 13.2. The predicted molar refractivity (Wildman–Crippen MR) is 161 cm³/mol. The Kier molecular flexibility index (Phi) is 14.6. The van der Waals surface area contributed by atoms with E-state index in [0.717, 1.165) is 23.6 Å². The average molecular weight is 688 g/mol. The van der Waals surface area contributed by atoms with Crippen molar-refractivity contribution in [1.29, 1.82) is 0 Å². The van der Waals surface area contributed by atoms with Crippen LogP contribution in [0.5, 0.6) is 0 Å². The number of nitrogens with one attached hydrogen (secondary N) is 4. The second-order valence-corrected chi connectivity index (χ2v) is 11.9. The Bertz CT molecular complexity index is 1240. The molecule has 0 radical (unpaired) electrons. The molecule has 2 rings (SSSR count). The van der Waals surface area contributed by atoms with E-state index in [2.05, 4.69) is 21.3 Å². The van der Waals surface area contributed by atoms with Gasteiger partial charge in [-0.3, -0.25) is 33.6 Å². The molecule has 270 valence electrons. The summed E-state index contributed by atoms with van der Waals surface area (Å²) in [7, 11) is 0. The molecule has 2 fully saturated rings. The van der Waals surface area contributed by atoms with E-state index in [1.54, 1.807) is 0 Å². The normalized spacial score (nSPS) is 21.9. The van der Waals surface area contributed by atoms with Gasteiger partial charge in [0.1, 0.15) is 36.3 Å². The van der Waals surface area contributed by atoms with E-state index in [1.807, 2.05) is 0 Å². The molecule has 2 heterocycles. The highest BCUT2D eigenvalue weighted by Crippen LogP contribution is 2.20. The van der Waals surface area contributed by atoms with Gasteiger partial charge in [0.2, 0.25) is 35.4 Å². The van der Waals surface area contributed by atoms with Crippen molar-refractivity contribution in [3.8, 4) is 0 Å². The average Bonchev–Trinajstić information content (AvgIpc) is 3.70. The third-order valence-corrected chi connectivity index (χ3v) is 8.05. The summed E-state index contributed by atoms with van der Waals surface area (Å²) in [4.78, 5) is 102. The van der Waals surface area contributed by atoms with Crippen LogP contribution in [0.2, 0.25) is 0 Å². The smallest absolute Gasteiger partial charge is 0.326 e. The molecule has 0 aromatic rings. The molecule has 11 N–H and O–H groups in total. The third-order valence-electron chi connectivity index (χ3n) is 8.05. The van der Waals surface area contributed by atoms with Crippen LogP contribution in [0.1, 0.15) is 52.9 Å². The molecule has 9 atom stereocenters. The molecular weight excluding hydrogens is 642 g/mol. The van der Waals surface area contributed by atoms with E-state index >= 15 is 0 Å². The zero-order valence-corrected chi connectivity index (χ0v) is 26.8. The molecule has 6 amide bonds. The molecule has 0 saturated carbocycles. The van der Waals surface area contributed by atoms with Crippen LogP contribution in [-0.2, 0) is 38.4 Å². The van der Waals surface area contributed by atoms with Crippen LogP contribution in [0.3, 0.4) is 0 Å². The van der Waals surface area contributed by atoms with E-state index in [-0.39, 0.29) is 25.9 Å². The topological polar surface area (TPSA) is 318 Å². The Morgan fingerprint density at radius 1 is 0.729 bits per heavy atom. The molecule has 0 aromatic heterocycles. The Balaban J connectivity index is 2.11. The fourth-order valence-corrected chi connectivity index (χ4v) is 5.36. The molecule has 0 aliphatic carbocycles. The fourth-order valence-electron chi connectivity index (χ4n) is 5.36. The number of likely N-dealkylation sites (tertiary alicyclic amines) is 2. The summed E-state index contributed by atoms with van der Waals surface area (Å²) < 4.78 is 0. The zero-order chi connectivity index (χ0) is 36.5. The van der Waals surface area contributed by atoms with Gasteiger partial charge in [0.25, 0.3) is 0 Å². The molecule has 2 aliphatic rings. The Morgan fingerprint density at radius 2 is 1.25 bits per heavy atom. The number of nitrogens with two attached hydrogens (primary N) is 1. The molecular formula is C28H45N7O13. The van der Waals surface area contributed by atoms with Gasteiger partial charge in [-0.15, -0.1) is 0 Å². The lowest BCUT2D eigenvalue weighted by Gasteiger charge is -2.30. The minimum atomic E-state index is -1.84. The van der Waals surface area contributed by atoms with Gasteiger partial charge >= 0.3 is 11.9 Å². The third kappa shape index (κ3) is 10.6. The van der Waals surface area contributed by atoms with Crippen molar-refractivity contribution in [3.05, 3.63) is 0 Å². The van der Waals surface area contributed by atoms with Crippen LogP contribution in [0.4, 0.5) is 0 Å². The molecule has 20 heteroatoms. The summed E-state index contributed by atoms with van der Waals surface area (Å²) in [6.07, 6.45) is -4.14. The van der Waals surface area contributed by atoms with Crippen molar-refractivity contribution in [2.24, 2.45) is 5.73 Å². The summed E-state index contributed by atoms with van der Waals surface area (Å²) in [6.45, 7) is 3.13. The van der Waals surface area contributed by atoms with E-state index in [9.17, 15) is 63.9 Å². The van der Waals surface area contributed by atoms with Crippen molar-refractivity contribution < 1.29 is 63.9 Å². The Labute approximate surface area is 275 Å². The van der Waals surface area contributed by atoms with Crippen LogP contribution < -0.4 is 27.0 Å². The fraction of sp³-hybridized carbons (Fsp3) is 0.714. The number of carboxylic acids is 2. The number of hydrogen-bond acceptors (Lipinski definition) is 12. The second-order valence-electron chi connectivity index (χ2n) is 11.9. The number of hydrogen-bond donors (Lipinski definition) is 10. The lowest BCUT2D eigenvalue weighted by Crippen LogP contribution is -2.63. The summed E-state index contributed by atoms with van der Waals surface area (Å²) in [6, 6.07) is -8.82. The summed E-state index contributed by atoms with van der Waals surface area (Å²) in [5, 5.41) is 57.6. The molecule has 2 aliphatic heterocycles. The maximum Gasteiger partial charge on any atom is 0.326 e. The number of aliphatic carboxylic acids is 2. The number of carbonyl (C=O) groups excluding carboxylic acids is 6. The number of aliphatic hydroxyl groups excluding tert-OH is 3. The highest BCUT2D eigenvalue weighted by Gasteiger charge is 2.40. The number of carbonyl (C=O) groups is 8. The lowest BCUT2D eigenvalue weighted by atomic mass is 10.1. The molecule has 2 saturated heterocycles. The van der Waals surface area contributed by atoms with E-state index in [0.29, 0.717) is 12.8 Å². The van der Waals surface area contributed by atoms with E-state index < -0.39 is 115 Å². The summed E-state index contributed by atoms with van der Waals surface area (Å²) in [5.41, 5.74) is 5.73. The first-order chi connectivity index (χ1) is 22.4. The molecule has 0 unspecified atom stereocenters. The van der Waals surface area contributed by atoms with Gasteiger partial charge < -0.3 is 62.3 Å². The predicted octanol–water partition coefficient (Wildman–Crippen LogP) is -5.43. The summed E-state index contributed by atoms with van der Waals surface area (Å²) in [5.74, 6) is -8.54. The molecule has 20 nitrogen and oxygen atoms in total. The van der Waals surface area contributed by atoms with Gasteiger partial charge in [0.15, 0.2) is 0 Å². The van der Waals surface area contributed by atoms with Crippen molar-refractivity contribution in [2.45, 2.75) is 107 Å². The van der Waals surface area contributed by atoms with Gasteiger partial charge in [-0.05, 0) is 46.5 Å². The van der Waals surface area contributed by atoms with Crippen molar-refractivity contribution in [1.82, 2.24) is 31.1 Å². The zero-order valence-electron chi connectivity index (χ0n) is 26.8. The Morgan fingerprint density at radius 3 is 1.77 bits per heavy atom. The first kappa shape index (κ1) is 39.8. The van der Waals surface area contributed by atoms with Gasteiger partial charge in [-0.25, -0.2) is 4.79 Å². The SMILES string of the molecule is C[C@@H](O)[C@H](N)C(=O)N1CCC[C@H]1C(=O)N[C@H](C(=O)N[C@H](C(=O)N[C@@H](CC(=O)O)C(=O)NCC(=O)N1CCC[C@H]1C(=O)O)[C@@H](C)O)[C@@H](C)O. The highest BCUT2D eigenvalue weighted by molar-refractivity contribution is 5.98.